The summed E-state index contributed by atoms with van der Waals surface area (Å²) in [6.45, 7) is 6.01. The Balaban J connectivity index is 2.19. The molecular weight excluding hydrogens is 272 g/mol. The lowest BCUT2D eigenvalue weighted by atomic mass is 9.59. The summed E-state index contributed by atoms with van der Waals surface area (Å²) < 4.78 is 5.44. The van der Waals surface area contributed by atoms with Crippen molar-refractivity contribution in [2.75, 3.05) is 6.54 Å². The number of nitrogens with two attached hydrogens (primary N) is 1. The molecule has 6 nitrogen and oxygen atoms in total. The smallest absolute Gasteiger partial charge is 0.410 e. The van der Waals surface area contributed by atoms with Crippen LogP contribution in [0.2, 0.25) is 0 Å². The molecule has 1 amide bonds. The first-order chi connectivity index (χ1) is 9.66. The Morgan fingerprint density at radius 1 is 1.29 bits per heavy atom. The maximum absolute atomic E-state index is 12.4. The number of nitrogens with zero attached hydrogens (tertiary/aromatic N) is 1. The molecule has 2 rings (SSSR count). The first-order valence-electron chi connectivity index (χ1n) is 7.64. The van der Waals surface area contributed by atoms with Crippen molar-refractivity contribution < 1.29 is 19.4 Å². The lowest BCUT2D eigenvalue weighted by Crippen LogP contribution is -2.64. The zero-order valence-corrected chi connectivity index (χ0v) is 13.1. The van der Waals surface area contributed by atoms with Gasteiger partial charge >= 0.3 is 12.1 Å². The van der Waals surface area contributed by atoms with E-state index < -0.39 is 23.1 Å². The van der Waals surface area contributed by atoms with Crippen LogP contribution in [0, 0.1) is 5.41 Å². The van der Waals surface area contributed by atoms with Crippen molar-refractivity contribution in [3.05, 3.63) is 0 Å². The van der Waals surface area contributed by atoms with Gasteiger partial charge in [-0.3, -0.25) is 4.79 Å². The van der Waals surface area contributed by atoms with Gasteiger partial charge in [-0.05, 0) is 52.9 Å². The number of amides is 1. The Morgan fingerprint density at radius 3 is 2.38 bits per heavy atom. The van der Waals surface area contributed by atoms with Gasteiger partial charge in [-0.2, -0.15) is 0 Å². The van der Waals surface area contributed by atoms with Gasteiger partial charge in [0.1, 0.15) is 5.60 Å². The third kappa shape index (κ3) is 3.15. The van der Waals surface area contributed by atoms with Crippen molar-refractivity contribution in [2.24, 2.45) is 11.1 Å². The number of carbonyl (C=O) groups excluding carboxylic acids is 1. The highest BCUT2D eigenvalue weighted by molar-refractivity contribution is 5.79. The number of aliphatic carboxylic acids is 1. The maximum Gasteiger partial charge on any atom is 0.410 e. The fraction of sp³-hybridized carbons (Fsp3) is 0.867. The highest BCUT2D eigenvalue weighted by atomic mass is 16.6. The number of carbonyl (C=O) groups is 2. The lowest BCUT2D eigenvalue weighted by molar-refractivity contribution is -0.164. The van der Waals surface area contributed by atoms with Gasteiger partial charge in [-0.25, -0.2) is 4.79 Å². The lowest BCUT2D eigenvalue weighted by Gasteiger charge is -2.52. The molecule has 21 heavy (non-hydrogen) atoms. The van der Waals surface area contributed by atoms with Crippen molar-refractivity contribution >= 4 is 12.1 Å². The zero-order chi connectivity index (χ0) is 15.8. The molecule has 1 atom stereocenters. The third-order valence-electron chi connectivity index (χ3n) is 4.45. The minimum absolute atomic E-state index is 0.0801. The van der Waals surface area contributed by atoms with E-state index in [0.29, 0.717) is 25.8 Å². The first-order valence-corrected chi connectivity index (χ1v) is 7.64. The molecule has 0 aromatic carbocycles. The molecule has 1 aliphatic heterocycles. The Bertz CT molecular complexity index is 424. The van der Waals surface area contributed by atoms with Crippen LogP contribution in [0.25, 0.3) is 0 Å². The van der Waals surface area contributed by atoms with Crippen molar-refractivity contribution in [3.8, 4) is 0 Å². The minimum atomic E-state index is -0.892. The fourth-order valence-electron chi connectivity index (χ4n) is 3.51. The zero-order valence-electron chi connectivity index (χ0n) is 13.1. The average molecular weight is 298 g/mol. The number of rotatable bonds is 2. The summed E-state index contributed by atoms with van der Waals surface area (Å²) in [5, 5.41) is 9.65. The standard InChI is InChI=1S/C15H26N2O4/c1-14(2,3)21-13(20)17-7-5-4-6-11(17)15(12(18)19)8-10(16)9-15/h10-11H,4-9,16H2,1-3H3,(H,18,19). The van der Waals surface area contributed by atoms with Crippen molar-refractivity contribution in [1.82, 2.24) is 4.90 Å². The van der Waals surface area contributed by atoms with Crippen LogP contribution >= 0.6 is 0 Å². The van der Waals surface area contributed by atoms with Crippen LogP contribution in [0.1, 0.15) is 52.9 Å². The normalized spacial score (nSPS) is 33.2. The molecule has 0 aromatic heterocycles. The topological polar surface area (TPSA) is 92.9 Å². The van der Waals surface area contributed by atoms with Crippen LogP contribution in [0.4, 0.5) is 4.79 Å². The largest absolute Gasteiger partial charge is 0.481 e. The number of ether oxygens (including phenoxy) is 1. The molecule has 2 fully saturated rings. The Labute approximate surface area is 125 Å². The molecule has 0 radical (unpaired) electrons. The van der Waals surface area contributed by atoms with Crippen molar-refractivity contribution in [3.63, 3.8) is 0 Å². The van der Waals surface area contributed by atoms with Gasteiger partial charge in [0.2, 0.25) is 0 Å². The van der Waals surface area contributed by atoms with Gasteiger partial charge in [0.15, 0.2) is 0 Å². The van der Waals surface area contributed by atoms with E-state index in [2.05, 4.69) is 0 Å². The molecule has 6 heteroatoms. The van der Waals surface area contributed by atoms with Gasteiger partial charge < -0.3 is 20.5 Å². The van der Waals surface area contributed by atoms with Crippen LogP contribution in [-0.4, -0.2) is 46.3 Å². The fourth-order valence-corrected chi connectivity index (χ4v) is 3.51. The minimum Gasteiger partial charge on any atom is -0.481 e. The number of likely N-dealkylation sites (tertiary alicyclic amines) is 1. The SMILES string of the molecule is CC(C)(C)OC(=O)N1CCCCC1C1(C(=O)O)CC(N)C1. The highest BCUT2D eigenvalue weighted by Crippen LogP contribution is 2.48. The third-order valence-corrected chi connectivity index (χ3v) is 4.45. The average Bonchev–Trinajstić information content (AvgIpc) is 2.32. The van der Waals surface area contributed by atoms with E-state index in [4.69, 9.17) is 10.5 Å². The van der Waals surface area contributed by atoms with E-state index in [1.807, 2.05) is 20.8 Å². The van der Waals surface area contributed by atoms with Crippen LogP contribution in [-0.2, 0) is 9.53 Å². The molecule has 1 aliphatic carbocycles. The number of piperidine rings is 1. The summed E-state index contributed by atoms with van der Waals surface area (Å²) >= 11 is 0. The molecule has 0 spiro atoms. The number of carboxylic acids is 1. The van der Waals surface area contributed by atoms with E-state index in [0.717, 1.165) is 12.8 Å². The van der Waals surface area contributed by atoms with Crippen LogP contribution in [0.15, 0.2) is 0 Å². The second kappa shape index (κ2) is 5.48. The van der Waals surface area contributed by atoms with Gasteiger partial charge in [-0.1, -0.05) is 0 Å². The number of carboxylic acid groups (broad SMARTS) is 1. The van der Waals surface area contributed by atoms with Gasteiger partial charge in [0, 0.05) is 12.6 Å². The number of hydrogen-bond donors (Lipinski definition) is 2. The molecular formula is C15H26N2O4. The van der Waals surface area contributed by atoms with E-state index in [-0.39, 0.29) is 12.1 Å². The second-order valence-electron chi connectivity index (χ2n) is 7.31. The quantitative estimate of drug-likeness (QED) is 0.813. The van der Waals surface area contributed by atoms with Gasteiger partial charge in [0.05, 0.1) is 11.5 Å². The van der Waals surface area contributed by atoms with Crippen molar-refractivity contribution in [2.45, 2.75) is 70.6 Å². The molecule has 1 saturated carbocycles. The summed E-state index contributed by atoms with van der Waals surface area (Å²) in [4.78, 5) is 25.8. The molecule has 0 bridgehead atoms. The Morgan fingerprint density at radius 2 is 1.90 bits per heavy atom. The molecule has 1 unspecified atom stereocenters. The molecule has 0 aromatic rings. The summed E-state index contributed by atoms with van der Waals surface area (Å²) in [6.07, 6.45) is 3.00. The molecule has 1 heterocycles. The Kier molecular flexibility index (Phi) is 4.19. The van der Waals surface area contributed by atoms with Crippen LogP contribution in [0.3, 0.4) is 0 Å². The summed E-state index contributed by atoms with van der Waals surface area (Å²) in [7, 11) is 0. The van der Waals surface area contributed by atoms with Gasteiger partial charge in [-0.15, -0.1) is 0 Å². The summed E-state index contributed by atoms with van der Waals surface area (Å²) in [5.74, 6) is -0.843. The van der Waals surface area contributed by atoms with E-state index in [1.165, 1.54) is 0 Å². The molecule has 2 aliphatic rings. The Hall–Kier alpha value is -1.30. The van der Waals surface area contributed by atoms with E-state index in [9.17, 15) is 14.7 Å². The second-order valence-corrected chi connectivity index (χ2v) is 7.31. The maximum atomic E-state index is 12.4. The molecule has 3 N–H and O–H groups in total. The predicted molar refractivity (Wildman–Crippen MR) is 77.9 cm³/mol. The monoisotopic (exact) mass is 298 g/mol. The summed E-state index contributed by atoms with van der Waals surface area (Å²) in [5.41, 5.74) is 4.35. The van der Waals surface area contributed by atoms with Crippen LogP contribution in [0.5, 0.6) is 0 Å². The highest BCUT2D eigenvalue weighted by Gasteiger charge is 2.57. The van der Waals surface area contributed by atoms with E-state index >= 15 is 0 Å². The first kappa shape index (κ1) is 16.1. The van der Waals surface area contributed by atoms with E-state index in [1.54, 1.807) is 4.90 Å². The van der Waals surface area contributed by atoms with Crippen LogP contribution < -0.4 is 5.73 Å². The molecule has 1 saturated heterocycles. The molecule has 120 valence electrons. The van der Waals surface area contributed by atoms with Crippen molar-refractivity contribution in [1.29, 1.82) is 0 Å². The van der Waals surface area contributed by atoms with Gasteiger partial charge in [0.25, 0.3) is 0 Å². The predicted octanol–water partition coefficient (Wildman–Crippen LogP) is 1.97. The number of hydrogen-bond acceptors (Lipinski definition) is 4. The summed E-state index contributed by atoms with van der Waals surface area (Å²) in [6, 6.07) is -0.387.